The second-order valence-corrected chi connectivity index (χ2v) is 11.4. The minimum absolute atomic E-state index is 0.154. The first-order valence-electron chi connectivity index (χ1n) is 6.97. The lowest BCUT2D eigenvalue weighted by Crippen LogP contribution is -2.25. The standard InChI is InChI=1S/C17H22O2Si/c1-19-17(18)15-11-14(12-16(15)20(2,3)4)10-13-8-6-5-7-9-13/h5-10H,11-12H2,1-4H3/b14-10-. The van der Waals surface area contributed by atoms with E-state index in [4.69, 9.17) is 4.74 Å². The van der Waals surface area contributed by atoms with Crippen molar-refractivity contribution < 1.29 is 9.53 Å². The third kappa shape index (κ3) is 3.28. The minimum Gasteiger partial charge on any atom is -0.466 e. The van der Waals surface area contributed by atoms with Gasteiger partial charge in [-0.15, -0.1) is 0 Å². The molecule has 106 valence electrons. The Morgan fingerprint density at radius 1 is 1.15 bits per heavy atom. The lowest BCUT2D eigenvalue weighted by Gasteiger charge is -2.19. The average molecular weight is 286 g/mol. The molecule has 2 rings (SSSR count). The van der Waals surface area contributed by atoms with Gasteiger partial charge >= 0.3 is 5.97 Å². The lowest BCUT2D eigenvalue weighted by molar-refractivity contribution is -0.136. The molecular formula is C17H22O2Si. The molecule has 0 amide bonds. The Morgan fingerprint density at radius 2 is 1.80 bits per heavy atom. The Morgan fingerprint density at radius 3 is 2.35 bits per heavy atom. The highest BCUT2D eigenvalue weighted by atomic mass is 28.3. The van der Waals surface area contributed by atoms with Crippen LogP contribution in [0, 0.1) is 0 Å². The van der Waals surface area contributed by atoms with E-state index in [1.807, 2.05) is 18.2 Å². The van der Waals surface area contributed by atoms with E-state index in [0.29, 0.717) is 0 Å². The van der Waals surface area contributed by atoms with Crippen LogP contribution in [0.4, 0.5) is 0 Å². The number of carbonyl (C=O) groups is 1. The smallest absolute Gasteiger partial charge is 0.333 e. The number of carbonyl (C=O) groups excluding carboxylic acids is 1. The quantitative estimate of drug-likeness (QED) is 0.614. The molecule has 0 atom stereocenters. The van der Waals surface area contributed by atoms with E-state index in [2.05, 4.69) is 37.8 Å². The summed E-state index contributed by atoms with van der Waals surface area (Å²) in [6.07, 6.45) is 3.87. The van der Waals surface area contributed by atoms with Crippen LogP contribution in [0.5, 0.6) is 0 Å². The molecule has 0 fully saturated rings. The minimum atomic E-state index is -1.49. The number of ether oxygens (including phenoxy) is 1. The van der Waals surface area contributed by atoms with E-state index in [9.17, 15) is 4.79 Å². The van der Waals surface area contributed by atoms with Crippen LogP contribution in [0.3, 0.4) is 0 Å². The molecule has 0 spiro atoms. The number of hydrogen-bond acceptors (Lipinski definition) is 2. The highest BCUT2D eigenvalue weighted by molar-refractivity contribution is 6.83. The van der Waals surface area contributed by atoms with Crippen molar-refractivity contribution in [2.45, 2.75) is 32.5 Å². The summed E-state index contributed by atoms with van der Waals surface area (Å²) in [5.41, 5.74) is 3.41. The van der Waals surface area contributed by atoms with Crippen molar-refractivity contribution in [3.8, 4) is 0 Å². The Hall–Kier alpha value is -1.61. The van der Waals surface area contributed by atoms with E-state index in [-0.39, 0.29) is 5.97 Å². The molecule has 0 aromatic heterocycles. The molecule has 0 unspecified atom stereocenters. The zero-order valence-corrected chi connectivity index (χ0v) is 13.7. The summed E-state index contributed by atoms with van der Waals surface area (Å²) in [4.78, 5) is 12.0. The molecule has 1 aromatic rings. The van der Waals surface area contributed by atoms with E-state index in [0.717, 1.165) is 18.4 Å². The van der Waals surface area contributed by atoms with Crippen LogP contribution in [-0.2, 0) is 9.53 Å². The largest absolute Gasteiger partial charge is 0.466 e. The molecule has 1 aromatic carbocycles. The third-order valence-electron chi connectivity index (χ3n) is 3.68. The highest BCUT2D eigenvalue weighted by Gasteiger charge is 2.32. The number of allylic oxidation sites excluding steroid dienone is 2. The second kappa shape index (κ2) is 5.79. The van der Waals surface area contributed by atoms with Gasteiger partial charge in [0.2, 0.25) is 0 Å². The fraction of sp³-hybridized carbons (Fsp3) is 0.353. The van der Waals surface area contributed by atoms with Crippen molar-refractivity contribution in [1.82, 2.24) is 0 Å². The molecule has 0 aliphatic heterocycles. The van der Waals surface area contributed by atoms with Crippen molar-refractivity contribution >= 4 is 20.1 Å². The molecule has 1 aliphatic carbocycles. The maximum atomic E-state index is 12.0. The molecule has 0 saturated heterocycles. The van der Waals surface area contributed by atoms with E-state index >= 15 is 0 Å². The van der Waals surface area contributed by atoms with Gasteiger partial charge < -0.3 is 4.74 Å². The van der Waals surface area contributed by atoms with E-state index < -0.39 is 8.07 Å². The van der Waals surface area contributed by atoms with Crippen LogP contribution in [-0.4, -0.2) is 21.2 Å². The summed E-state index contributed by atoms with van der Waals surface area (Å²) in [5, 5.41) is 1.34. The van der Waals surface area contributed by atoms with Crippen molar-refractivity contribution in [2.75, 3.05) is 7.11 Å². The van der Waals surface area contributed by atoms with E-state index in [1.54, 1.807) is 0 Å². The van der Waals surface area contributed by atoms with Gasteiger partial charge in [-0.05, 0) is 12.0 Å². The van der Waals surface area contributed by atoms with Crippen LogP contribution in [0.15, 0.2) is 46.7 Å². The van der Waals surface area contributed by atoms with Gasteiger partial charge in [0.05, 0.1) is 15.2 Å². The predicted molar refractivity (Wildman–Crippen MR) is 86.0 cm³/mol. The first kappa shape index (κ1) is 14.8. The van der Waals surface area contributed by atoms with Crippen molar-refractivity contribution in [1.29, 1.82) is 0 Å². The van der Waals surface area contributed by atoms with Crippen LogP contribution in [0.1, 0.15) is 18.4 Å². The molecular weight excluding hydrogens is 264 g/mol. The van der Waals surface area contributed by atoms with Crippen molar-refractivity contribution in [3.05, 3.63) is 52.2 Å². The maximum absolute atomic E-state index is 12.0. The number of esters is 1. The van der Waals surface area contributed by atoms with Gasteiger partial charge in [0, 0.05) is 12.0 Å². The highest BCUT2D eigenvalue weighted by Crippen LogP contribution is 2.38. The number of hydrogen-bond donors (Lipinski definition) is 0. The van der Waals surface area contributed by atoms with Gasteiger partial charge in [0.1, 0.15) is 0 Å². The zero-order chi connectivity index (χ0) is 14.8. The maximum Gasteiger partial charge on any atom is 0.333 e. The van der Waals surface area contributed by atoms with Crippen molar-refractivity contribution in [2.24, 2.45) is 0 Å². The molecule has 2 nitrogen and oxygen atoms in total. The van der Waals surface area contributed by atoms with Gasteiger partial charge in [0.25, 0.3) is 0 Å². The van der Waals surface area contributed by atoms with Crippen LogP contribution in [0.25, 0.3) is 6.08 Å². The zero-order valence-electron chi connectivity index (χ0n) is 12.7. The Bertz CT molecular complexity index is 562. The number of rotatable bonds is 3. The Labute approximate surface area is 122 Å². The molecule has 20 heavy (non-hydrogen) atoms. The van der Waals surface area contributed by atoms with Crippen LogP contribution in [0.2, 0.25) is 19.6 Å². The summed E-state index contributed by atoms with van der Waals surface area (Å²) >= 11 is 0. The van der Waals surface area contributed by atoms with Gasteiger partial charge in [0.15, 0.2) is 0 Å². The summed E-state index contributed by atoms with van der Waals surface area (Å²) in [6.45, 7) is 6.87. The average Bonchev–Trinajstić information content (AvgIpc) is 2.83. The Kier molecular flexibility index (Phi) is 4.28. The molecule has 0 bridgehead atoms. The Balaban J connectivity index is 2.30. The molecule has 0 saturated carbocycles. The second-order valence-electron chi connectivity index (χ2n) is 6.27. The first-order valence-corrected chi connectivity index (χ1v) is 10.5. The van der Waals surface area contributed by atoms with Gasteiger partial charge in [-0.1, -0.05) is 66.8 Å². The lowest BCUT2D eigenvalue weighted by atomic mass is 10.1. The molecule has 0 heterocycles. The monoisotopic (exact) mass is 286 g/mol. The molecule has 3 heteroatoms. The molecule has 0 radical (unpaired) electrons. The third-order valence-corrected chi connectivity index (χ3v) is 5.97. The number of benzene rings is 1. The fourth-order valence-corrected chi connectivity index (χ4v) is 4.51. The fourth-order valence-electron chi connectivity index (χ4n) is 2.65. The summed E-state index contributed by atoms with van der Waals surface area (Å²) < 4.78 is 4.96. The first-order chi connectivity index (χ1) is 9.41. The van der Waals surface area contributed by atoms with Crippen LogP contribution >= 0.6 is 0 Å². The summed E-state index contributed by atoms with van der Waals surface area (Å²) in [5.74, 6) is -0.154. The van der Waals surface area contributed by atoms with Crippen molar-refractivity contribution in [3.63, 3.8) is 0 Å². The SMILES string of the molecule is COC(=O)C1=C([Si](C)(C)C)C/C(=C\c2ccccc2)C1. The summed E-state index contributed by atoms with van der Waals surface area (Å²) in [6, 6.07) is 10.3. The van der Waals surface area contributed by atoms with Gasteiger partial charge in [-0.2, -0.15) is 0 Å². The van der Waals surface area contributed by atoms with Crippen LogP contribution < -0.4 is 0 Å². The van der Waals surface area contributed by atoms with E-state index in [1.165, 1.54) is 23.4 Å². The predicted octanol–water partition coefficient (Wildman–Crippen LogP) is 4.21. The number of methoxy groups -OCH3 is 1. The summed E-state index contributed by atoms with van der Waals surface area (Å²) in [7, 11) is -0.0190. The van der Waals surface area contributed by atoms with Gasteiger partial charge in [-0.25, -0.2) is 4.79 Å². The molecule has 1 aliphatic rings. The topological polar surface area (TPSA) is 26.3 Å². The molecule has 0 N–H and O–H groups in total. The van der Waals surface area contributed by atoms with Gasteiger partial charge in [-0.3, -0.25) is 0 Å². The normalized spacial score (nSPS) is 17.7.